The summed E-state index contributed by atoms with van der Waals surface area (Å²) >= 11 is 7.96. The number of hydrogen-bond donors (Lipinski definition) is 1. The van der Waals surface area contributed by atoms with Crippen LogP contribution in [0.2, 0.25) is 5.02 Å². The van der Waals surface area contributed by atoms with Crippen LogP contribution in [0.5, 0.6) is 0 Å². The Morgan fingerprint density at radius 3 is 2.80 bits per heavy atom. The predicted octanol–water partition coefficient (Wildman–Crippen LogP) is 4.95. The highest BCUT2D eigenvalue weighted by Crippen LogP contribution is 2.34. The molecular formula is C17H19ClOS. The molecule has 1 aliphatic rings. The molecule has 0 saturated heterocycles. The Morgan fingerprint density at radius 2 is 1.95 bits per heavy atom. The van der Waals surface area contributed by atoms with Crippen LogP contribution in [0.15, 0.2) is 30.3 Å². The molecular weight excluding hydrogens is 288 g/mol. The van der Waals surface area contributed by atoms with E-state index in [9.17, 15) is 5.11 Å². The predicted molar refractivity (Wildman–Crippen MR) is 85.7 cm³/mol. The normalized spacial score (nSPS) is 16.5. The first-order valence-corrected chi connectivity index (χ1v) is 8.46. The second-order valence-electron chi connectivity index (χ2n) is 5.47. The number of aliphatic hydroxyl groups excluding tert-OH is 1. The highest BCUT2D eigenvalue weighted by atomic mass is 35.5. The van der Waals surface area contributed by atoms with Gasteiger partial charge in [0, 0.05) is 21.2 Å². The van der Waals surface area contributed by atoms with Gasteiger partial charge in [0.05, 0.1) is 6.10 Å². The molecule has 0 saturated carbocycles. The van der Waals surface area contributed by atoms with E-state index in [-0.39, 0.29) is 0 Å². The highest BCUT2D eigenvalue weighted by Gasteiger charge is 2.17. The summed E-state index contributed by atoms with van der Waals surface area (Å²) in [5.74, 6) is 0. The van der Waals surface area contributed by atoms with E-state index in [1.54, 1.807) is 11.3 Å². The van der Waals surface area contributed by atoms with Crippen molar-refractivity contribution in [3.63, 3.8) is 0 Å². The van der Waals surface area contributed by atoms with Crippen molar-refractivity contribution in [1.29, 1.82) is 0 Å². The molecule has 1 heterocycles. The maximum Gasteiger partial charge on any atom is 0.0922 e. The molecule has 1 aromatic carbocycles. The van der Waals surface area contributed by atoms with Gasteiger partial charge >= 0.3 is 0 Å². The summed E-state index contributed by atoms with van der Waals surface area (Å²) < 4.78 is 0. The van der Waals surface area contributed by atoms with Crippen LogP contribution < -0.4 is 0 Å². The molecule has 1 nitrogen and oxygen atoms in total. The molecule has 0 amide bonds. The minimum absolute atomic E-state index is 0.438. The van der Waals surface area contributed by atoms with Crippen LogP contribution in [0, 0.1) is 0 Å². The van der Waals surface area contributed by atoms with Crippen LogP contribution >= 0.6 is 22.9 Å². The molecule has 0 bridgehead atoms. The molecule has 2 aromatic rings. The minimum atomic E-state index is -0.438. The molecule has 1 N–H and O–H groups in total. The zero-order chi connectivity index (χ0) is 13.9. The SMILES string of the molecule is OC(Cc1ccccc1Cl)c1cc2c(s1)CCCCC2. The maximum atomic E-state index is 10.5. The Labute approximate surface area is 129 Å². The van der Waals surface area contributed by atoms with Crippen molar-refractivity contribution in [3.8, 4) is 0 Å². The van der Waals surface area contributed by atoms with Gasteiger partial charge in [-0.3, -0.25) is 0 Å². The molecule has 1 aromatic heterocycles. The van der Waals surface area contributed by atoms with Crippen LogP contribution in [0.4, 0.5) is 0 Å². The Bertz CT molecular complexity index is 567. The van der Waals surface area contributed by atoms with Gasteiger partial charge in [-0.15, -0.1) is 11.3 Å². The lowest BCUT2D eigenvalue weighted by Gasteiger charge is -2.10. The quantitative estimate of drug-likeness (QED) is 0.796. The second kappa shape index (κ2) is 6.30. The van der Waals surface area contributed by atoms with E-state index in [0.29, 0.717) is 6.42 Å². The summed E-state index contributed by atoms with van der Waals surface area (Å²) in [5.41, 5.74) is 2.48. The maximum absolute atomic E-state index is 10.5. The zero-order valence-corrected chi connectivity index (χ0v) is 13.0. The molecule has 106 valence electrons. The molecule has 1 atom stereocenters. The van der Waals surface area contributed by atoms with Gasteiger partial charge in [0.25, 0.3) is 0 Å². The smallest absolute Gasteiger partial charge is 0.0922 e. The van der Waals surface area contributed by atoms with Crippen LogP contribution in [-0.4, -0.2) is 5.11 Å². The number of thiophene rings is 1. The van der Waals surface area contributed by atoms with Crippen molar-refractivity contribution in [1.82, 2.24) is 0 Å². The van der Waals surface area contributed by atoms with Crippen molar-refractivity contribution in [2.24, 2.45) is 0 Å². The topological polar surface area (TPSA) is 20.2 Å². The molecule has 0 aliphatic heterocycles. The van der Waals surface area contributed by atoms with Gasteiger partial charge in [-0.2, -0.15) is 0 Å². The fourth-order valence-corrected chi connectivity index (χ4v) is 4.28. The Morgan fingerprint density at radius 1 is 1.15 bits per heavy atom. The lowest BCUT2D eigenvalue weighted by Crippen LogP contribution is -2.00. The summed E-state index contributed by atoms with van der Waals surface area (Å²) in [5, 5.41) is 11.2. The standard InChI is InChI=1S/C17H19ClOS/c18-14-8-5-4-6-12(14)10-15(19)17-11-13-7-2-1-3-9-16(13)20-17/h4-6,8,11,15,19H,1-3,7,9-10H2. The molecule has 1 unspecified atom stereocenters. The first kappa shape index (κ1) is 14.1. The molecule has 0 radical (unpaired) electrons. The second-order valence-corrected chi connectivity index (χ2v) is 7.04. The fraction of sp³-hybridized carbons (Fsp3) is 0.412. The van der Waals surface area contributed by atoms with Crippen molar-refractivity contribution in [2.75, 3.05) is 0 Å². The third kappa shape index (κ3) is 3.08. The van der Waals surface area contributed by atoms with Crippen LogP contribution in [0.25, 0.3) is 0 Å². The number of halogens is 1. The molecule has 3 heteroatoms. The van der Waals surface area contributed by atoms with E-state index in [2.05, 4.69) is 6.07 Å². The summed E-state index contributed by atoms with van der Waals surface area (Å²) in [6.07, 6.45) is 6.41. The Balaban J connectivity index is 1.77. The monoisotopic (exact) mass is 306 g/mol. The average Bonchev–Trinajstić information content (AvgIpc) is 2.73. The van der Waals surface area contributed by atoms with Crippen molar-refractivity contribution < 1.29 is 5.11 Å². The lowest BCUT2D eigenvalue weighted by atomic mass is 10.1. The summed E-state index contributed by atoms with van der Waals surface area (Å²) in [7, 11) is 0. The molecule has 0 fully saturated rings. The van der Waals surface area contributed by atoms with Gasteiger partial charge in [0.1, 0.15) is 0 Å². The van der Waals surface area contributed by atoms with E-state index < -0.39 is 6.10 Å². The Kier molecular flexibility index (Phi) is 4.45. The van der Waals surface area contributed by atoms with Gasteiger partial charge in [-0.1, -0.05) is 36.2 Å². The number of aliphatic hydroxyl groups is 1. The summed E-state index contributed by atoms with van der Waals surface area (Å²) in [4.78, 5) is 2.58. The number of aryl methyl sites for hydroxylation is 2. The minimum Gasteiger partial charge on any atom is -0.387 e. The summed E-state index contributed by atoms with van der Waals surface area (Å²) in [6.45, 7) is 0. The molecule has 0 spiro atoms. The van der Waals surface area contributed by atoms with Gasteiger partial charge in [0.2, 0.25) is 0 Å². The number of benzene rings is 1. The highest BCUT2D eigenvalue weighted by molar-refractivity contribution is 7.12. The third-order valence-corrected chi connectivity index (χ3v) is 5.67. The fourth-order valence-electron chi connectivity index (χ4n) is 2.83. The number of rotatable bonds is 3. The largest absolute Gasteiger partial charge is 0.387 e. The lowest BCUT2D eigenvalue weighted by molar-refractivity contribution is 0.182. The van der Waals surface area contributed by atoms with Crippen LogP contribution in [0.1, 0.15) is 46.2 Å². The van der Waals surface area contributed by atoms with Crippen LogP contribution in [-0.2, 0) is 19.3 Å². The van der Waals surface area contributed by atoms with Gasteiger partial charge < -0.3 is 5.11 Å². The Hall–Kier alpha value is -0.830. The summed E-state index contributed by atoms with van der Waals surface area (Å²) in [6, 6.07) is 9.98. The van der Waals surface area contributed by atoms with Crippen molar-refractivity contribution in [3.05, 3.63) is 56.2 Å². The van der Waals surface area contributed by atoms with Crippen LogP contribution in [0.3, 0.4) is 0 Å². The molecule has 20 heavy (non-hydrogen) atoms. The number of hydrogen-bond acceptors (Lipinski definition) is 2. The van der Waals surface area contributed by atoms with Crippen molar-refractivity contribution in [2.45, 2.75) is 44.6 Å². The molecule has 3 rings (SSSR count). The average molecular weight is 307 g/mol. The van der Waals surface area contributed by atoms with E-state index in [1.165, 1.54) is 42.5 Å². The van der Waals surface area contributed by atoms with Gasteiger partial charge in [0.15, 0.2) is 0 Å². The van der Waals surface area contributed by atoms with Crippen molar-refractivity contribution >= 4 is 22.9 Å². The van der Waals surface area contributed by atoms with E-state index in [0.717, 1.165) is 15.5 Å². The number of fused-ring (bicyclic) bond motifs is 1. The van der Waals surface area contributed by atoms with E-state index in [1.807, 2.05) is 24.3 Å². The van der Waals surface area contributed by atoms with E-state index >= 15 is 0 Å². The third-order valence-electron chi connectivity index (χ3n) is 3.97. The van der Waals surface area contributed by atoms with E-state index in [4.69, 9.17) is 11.6 Å². The first-order valence-electron chi connectivity index (χ1n) is 7.27. The zero-order valence-electron chi connectivity index (χ0n) is 11.4. The van der Waals surface area contributed by atoms with Gasteiger partial charge in [-0.05, 0) is 48.9 Å². The van der Waals surface area contributed by atoms with Gasteiger partial charge in [-0.25, -0.2) is 0 Å². The first-order chi connectivity index (χ1) is 9.74. The molecule has 1 aliphatic carbocycles.